The maximum Gasteiger partial charge on any atom is 0.336 e. The summed E-state index contributed by atoms with van der Waals surface area (Å²) in [5.41, 5.74) is -0.288. The van der Waals surface area contributed by atoms with E-state index < -0.39 is 42.6 Å². The third-order valence-corrected chi connectivity index (χ3v) is 2.19. The average Bonchev–Trinajstić information content (AvgIpc) is 2.35. The molecule has 0 aromatic heterocycles. The van der Waals surface area contributed by atoms with Crippen molar-refractivity contribution in [2.24, 2.45) is 0 Å². The highest BCUT2D eigenvalue weighted by Crippen LogP contribution is 2.19. The predicted octanol–water partition coefficient (Wildman–Crippen LogP) is -4.00. The number of aliphatic hydroxyl groups is 5. The molecular weight excluding hydrogens is 278 g/mol. The molecule has 4 atom stereocenters. The van der Waals surface area contributed by atoms with Crippen LogP contribution >= 0.6 is 0 Å². The van der Waals surface area contributed by atoms with Gasteiger partial charge in [0.15, 0.2) is 6.10 Å². The van der Waals surface area contributed by atoms with Crippen LogP contribution in [-0.4, -0.2) is 68.2 Å². The molecule has 0 aromatic rings. The van der Waals surface area contributed by atoms with E-state index in [0.29, 0.717) is 0 Å². The number of carboxylic acids is 1. The number of carbonyl (C=O) groups excluding carboxylic acids is 2. The molecule has 0 bridgehead atoms. The fourth-order valence-corrected chi connectivity index (χ4v) is 1.00. The Bertz CT molecular complexity index is 372. The lowest BCUT2D eigenvalue weighted by Gasteiger charge is -2.36. The van der Waals surface area contributed by atoms with Gasteiger partial charge in [-0.25, -0.2) is 4.79 Å². The third-order valence-electron chi connectivity index (χ3n) is 2.19. The van der Waals surface area contributed by atoms with Gasteiger partial charge in [0.2, 0.25) is 0 Å². The Balaban J connectivity index is 0. The van der Waals surface area contributed by atoms with Crippen LogP contribution in [0.5, 0.6) is 0 Å². The first-order valence-electron chi connectivity index (χ1n) is 5.05. The zero-order chi connectivity index (χ0) is 15.4. The zero-order valence-electron chi connectivity index (χ0n) is 11.0. The van der Waals surface area contributed by atoms with E-state index >= 15 is 0 Å². The van der Waals surface area contributed by atoms with Crippen molar-refractivity contribution < 1.29 is 45.0 Å². The van der Waals surface area contributed by atoms with Crippen LogP contribution in [0, 0.1) is 0 Å². The molecular formula is C10H19NO9. The number of carboxylic acid groups (broad SMARTS) is 1. The van der Waals surface area contributed by atoms with Crippen LogP contribution in [0.2, 0.25) is 0 Å². The highest BCUT2D eigenvalue weighted by Gasteiger charge is 2.47. The number of rotatable bonds is 7. The first-order chi connectivity index (χ1) is 8.57. The van der Waals surface area contributed by atoms with Crippen LogP contribution < -0.4 is 11.3 Å². The molecule has 9 N–H and O–H groups in total. The zero-order valence-corrected chi connectivity index (χ0v) is 11.0. The minimum Gasteiger partial charge on any atom is -0.543 e. The van der Waals surface area contributed by atoms with Crippen molar-refractivity contribution in [2.75, 3.05) is 6.61 Å². The Morgan fingerprint density at radius 1 is 1.35 bits per heavy atom. The molecule has 0 aliphatic heterocycles. The van der Waals surface area contributed by atoms with Gasteiger partial charge in [-0.3, -0.25) is 0 Å². The van der Waals surface area contributed by atoms with Gasteiger partial charge in [0.05, 0.1) is 6.61 Å². The number of hydrogen-bond donors (Lipinski definition) is 6. The Hall–Kier alpha value is -1.56. The van der Waals surface area contributed by atoms with Gasteiger partial charge in [0.25, 0.3) is 5.79 Å². The van der Waals surface area contributed by atoms with E-state index in [0.717, 1.165) is 6.92 Å². The summed E-state index contributed by atoms with van der Waals surface area (Å²) in [6.45, 7) is 3.23. The third kappa shape index (κ3) is 4.52. The van der Waals surface area contributed by atoms with Crippen LogP contribution in [-0.2, 0) is 14.3 Å². The minimum absolute atomic E-state index is 0. The van der Waals surface area contributed by atoms with Crippen LogP contribution in [0.3, 0.4) is 0 Å². The largest absolute Gasteiger partial charge is 0.543 e. The van der Waals surface area contributed by atoms with E-state index in [9.17, 15) is 30.0 Å². The van der Waals surface area contributed by atoms with Crippen LogP contribution in [0.4, 0.5) is 0 Å². The molecule has 118 valence electrons. The highest BCUT2D eigenvalue weighted by atomic mass is 16.7. The number of quaternary nitrogens is 1. The molecule has 0 saturated carbocycles. The van der Waals surface area contributed by atoms with Crippen molar-refractivity contribution in [3.63, 3.8) is 0 Å². The van der Waals surface area contributed by atoms with Gasteiger partial charge in [-0.05, 0) is 6.92 Å². The second-order valence-corrected chi connectivity index (χ2v) is 3.84. The van der Waals surface area contributed by atoms with E-state index in [2.05, 4.69) is 11.3 Å². The molecule has 4 unspecified atom stereocenters. The SMILES string of the molecule is C=C(C)C(=O)OC(O)(C(=O)[O-])C(O)C(O)C(O)CO.[NH4+]. The molecule has 0 heterocycles. The molecule has 10 nitrogen and oxygen atoms in total. The maximum atomic E-state index is 11.2. The molecule has 0 aliphatic carbocycles. The number of hydrogen-bond acceptors (Lipinski definition) is 9. The minimum atomic E-state index is -3.61. The van der Waals surface area contributed by atoms with E-state index in [1.54, 1.807) is 0 Å². The molecule has 0 aliphatic rings. The van der Waals surface area contributed by atoms with Gasteiger partial charge in [0.1, 0.15) is 18.2 Å². The van der Waals surface area contributed by atoms with Gasteiger partial charge in [-0.15, -0.1) is 0 Å². The monoisotopic (exact) mass is 297 g/mol. The Kier molecular flexibility index (Phi) is 8.19. The van der Waals surface area contributed by atoms with E-state index in [-0.39, 0.29) is 11.7 Å². The van der Waals surface area contributed by atoms with Crippen LogP contribution in [0.15, 0.2) is 12.2 Å². The van der Waals surface area contributed by atoms with Gasteiger partial charge in [-0.1, -0.05) is 6.58 Å². The lowest BCUT2D eigenvalue weighted by Crippen LogP contribution is -2.64. The van der Waals surface area contributed by atoms with Crippen molar-refractivity contribution in [1.82, 2.24) is 6.15 Å². The Morgan fingerprint density at radius 2 is 1.80 bits per heavy atom. The molecule has 0 aromatic carbocycles. The van der Waals surface area contributed by atoms with Crippen molar-refractivity contribution >= 4 is 11.9 Å². The fraction of sp³-hybridized carbons (Fsp3) is 0.600. The van der Waals surface area contributed by atoms with E-state index in [1.165, 1.54) is 0 Å². The molecule has 0 spiro atoms. The number of aliphatic carboxylic acids is 1. The summed E-state index contributed by atoms with van der Waals surface area (Å²) in [4.78, 5) is 21.9. The predicted molar refractivity (Wildman–Crippen MR) is 62.0 cm³/mol. The quantitative estimate of drug-likeness (QED) is 0.153. The van der Waals surface area contributed by atoms with Crippen molar-refractivity contribution in [1.29, 1.82) is 0 Å². The number of ether oxygens (including phenoxy) is 1. The summed E-state index contributed by atoms with van der Waals surface area (Å²) in [5.74, 6) is -7.39. The molecule has 10 heteroatoms. The van der Waals surface area contributed by atoms with E-state index in [4.69, 9.17) is 10.2 Å². The maximum absolute atomic E-state index is 11.2. The molecule has 0 fully saturated rings. The van der Waals surface area contributed by atoms with Crippen LogP contribution in [0.1, 0.15) is 6.92 Å². The van der Waals surface area contributed by atoms with Gasteiger partial charge < -0.3 is 46.3 Å². The molecule has 0 amide bonds. The summed E-state index contributed by atoms with van der Waals surface area (Å²) in [6, 6.07) is 0. The summed E-state index contributed by atoms with van der Waals surface area (Å²) >= 11 is 0. The summed E-state index contributed by atoms with van der Waals surface area (Å²) in [5, 5.41) is 56.6. The van der Waals surface area contributed by atoms with Crippen molar-refractivity contribution in [3.8, 4) is 0 Å². The summed E-state index contributed by atoms with van der Waals surface area (Å²) < 4.78 is 4.09. The smallest absolute Gasteiger partial charge is 0.336 e. The topological polar surface area (TPSA) is 204 Å². The number of aliphatic hydroxyl groups excluding tert-OH is 4. The van der Waals surface area contributed by atoms with Gasteiger partial charge >= 0.3 is 5.97 Å². The van der Waals surface area contributed by atoms with Crippen molar-refractivity contribution in [3.05, 3.63) is 12.2 Å². The molecule has 0 saturated heterocycles. The number of carbonyl (C=O) groups is 2. The summed E-state index contributed by atoms with van der Waals surface area (Å²) in [6.07, 6.45) is -6.92. The standard InChI is InChI=1S/C10H16O9.H3N/c1-4(2)8(15)19-10(18,9(16)17)7(14)6(13)5(12)3-11;/h5-7,11-14,18H,1,3H2,2H3,(H,16,17);1H3. The average molecular weight is 297 g/mol. The van der Waals surface area contributed by atoms with E-state index in [1.807, 2.05) is 0 Å². The first-order valence-corrected chi connectivity index (χ1v) is 5.05. The lowest BCUT2D eigenvalue weighted by atomic mass is 10.00. The first kappa shape index (κ1) is 20.8. The van der Waals surface area contributed by atoms with Crippen LogP contribution in [0.25, 0.3) is 0 Å². The lowest BCUT2D eigenvalue weighted by molar-refractivity contribution is -0.363. The normalized spacial score (nSPS) is 17.9. The van der Waals surface area contributed by atoms with Gasteiger partial charge in [-0.2, -0.15) is 0 Å². The van der Waals surface area contributed by atoms with Crippen molar-refractivity contribution in [2.45, 2.75) is 31.0 Å². The second-order valence-electron chi connectivity index (χ2n) is 3.84. The highest BCUT2D eigenvalue weighted by molar-refractivity contribution is 5.89. The number of esters is 1. The summed E-state index contributed by atoms with van der Waals surface area (Å²) in [7, 11) is 0. The Morgan fingerprint density at radius 3 is 2.10 bits per heavy atom. The molecule has 0 rings (SSSR count). The molecule has 0 radical (unpaired) electrons. The second kappa shape index (κ2) is 7.89. The Labute approximate surface area is 114 Å². The molecule has 20 heavy (non-hydrogen) atoms. The fourth-order valence-electron chi connectivity index (χ4n) is 1.00. The van der Waals surface area contributed by atoms with Gasteiger partial charge in [0, 0.05) is 5.57 Å².